The van der Waals surface area contributed by atoms with Crippen LogP contribution < -0.4 is 21.7 Å². The zero-order chi connectivity index (χ0) is 15.3. The normalized spacial score (nSPS) is 10.3. The van der Waals surface area contributed by atoms with E-state index in [0.717, 1.165) is 19.4 Å². The minimum Gasteiger partial charge on any atom is -0.397 e. The number of nitrogens with two attached hydrogens (primary N) is 2. The Kier molecular flexibility index (Phi) is 5.82. The fourth-order valence-electron chi connectivity index (χ4n) is 1.86. The second-order valence-electron chi connectivity index (χ2n) is 4.57. The van der Waals surface area contributed by atoms with Crippen molar-refractivity contribution in [3.63, 3.8) is 0 Å². The molecule has 0 aromatic carbocycles. The first-order valence-electron chi connectivity index (χ1n) is 6.65. The molecular formula is C13H22N4O2S. The Hall–Kier alpha value is -1.76. The van der Waals surface area contributed by atoms with Gasteiger partial charge in [-0.2, -0.15) is 0 Å². The molecule has 0 aliphatic carbocycles. The van der Waals surface area contributed by atoms with E-state index in [1.165, 1.54) is 11.3 Å². The van der Waals surface area contributed by atoms with Gasteiger partial charge in [-0.15, -0.1) is 11.3 Å². The van der Waals surface area contributed by atoms with E-state index in [1.54, 1.807) is 0 Å². The molecule has 0 fully saturated rings. The quantitative estimate of drug-likeness (QED) is 0.708. The molecule has 20 heavy (non-hydrogen) atoms. The molecule has 0 radical (unpaired) electrons. The fraction of sp³-hybridized carbons (Fsp3) is 0.538. The van der Waals surface area contributed by atoms with Gasteiger partial charge in [-0.3, -0.25) is 9.59 Å². The summed E-state index contributed by atoms with van der Waals surface area (Å²) < 4.78 is 0. The molecule has 7 heteroatoms. The summed E-state index contributed by atoms with van der Waals surface area (Å²) in [7, 11) is 1.86. The van der Waals surface area contributed by atoms with E-state index in [2.05, 4.69) is 5.32 Å². The van der Waals surface area contributed by atoms with Crippen molar-refractivity contribution in [2.75, 3.05) is 30.8 Å². The average Bonchev–Trinajstić information content (AvgIpc) is 2.74. The molecule has 0 bridgehead atoms. The van der Waals surface area contributed by atoms with Gasteiger partial charge in [0.2, 0.25) is 0 Å². The monoisotopic (exact) mass is 298 g/mol. The molecule has 0 spiro atoms. The molecule has 1 rings (SSSR count). The molecule has 0 aliphatic heterocycles. The molecule has 2 amide bonds. The standard InChI is InChI=1S/C13H22N4O2S/c1-4-6-16-12(19)10-9(14)8(11(15)18)13(20-10)17(3)7-5-2/h4-7,14H2,1-3H3,(H2,15,18)(H,16,19). The topological polar surface area (TPSA) is 101 Å². The van der Waals surface area contributed by atoms with E-state index in [0.29, 0.717) is 16.4 Å². The van der Waals surface area contributed by atoms with Gasteiger partial charge in [-0.1, -0.05) is 13.8 Å². The van der Waals surface area contributed by atoms with E-state index >= 15 is 0 Å². The lowest BCUT2D eigenvalue weighted by molar-refractivity contribution is 0.0958. The van der Waals surface area contributed by atoms with Gasteiger partial charge >= 0.3 is 0 Å². The van der Waals surface area contributed by atoms with Gasteiger partial charge < -0.3 is 21.7 Å². The highest BCUT2D eigenvalue weighted by Crippen LogP contribution is 2.37. The van der Waals surface area contributed by atoms with Crippen LogP contribution in [-0.2, 0) is 0 Å². The number of primary amides is 1. The minimum absolute atomic E-state index is 0.175. The maximum absolute atomic E-state index is 12.0. The first-order chi connectivity index (χ1) is 9.43. The highest BCUT2D eigenvalue weighted by molar-refractivity contribution is 7.19. The Bertz CT molecular complexity index is 499. The van der Waals surface area contributed by atoms with E-state index < -0.39 is 5.91 Å². The summed E-state index contributed by atoms with van der Waals surface area (Å²) in [5.41, 5.74) is 11.7. The summed E-state index contributed by atoms with van der Waals surface area (Å²) in [4.78, 5) is 25.9. The number of thiophene rings is 1. The molecule has 0 atom stereocenters. The number of hydrogen-bond acceptors (Lipinski definition) is 5. The van der Waals surface area contributed by atoms with Crippen LogP contribution in [0.2, 0.25) is 0 Å². The molecule has 1 aromatic heterocycles. The van der Waals surface area contributed by atoms with Gasteiger partial charge in [0.05, 0.1) is 11.3 Å². The number of nitrogens with one attached hydrogen (secondary N) is 1. The number of carbonyl (C=O) groups is 2. The van der Waals surface area contributed by atoms with Gasteiger partial charge in [0, 0.05) is 20.1 Å². The second kappa shape index (κ2) is 7.14. The molecule has 1 aromatic rings. The third kappa shape index (κ3) is 3.41. The Balaban J connectivity index is 3.18. The first-order valence-corrected chi connectivity index (χ1v) is 7.47. The van der Waals surface area contributed by atoms with Crippen LogP contribution in [0.5, 0.6) is 0 Å². The van der Waals surface area contributed by atoms with E-state index in [-0.39, 0.29) is 17.2 Å². The third-order valence-corrected chi connectivity index (χ3v) is 4.14. The number of carbonyl (C=O) groups excluding carboxylic acids is 2. The maximum atomic E-state index is 12.0. The number of hydrogen-bond donors (Lipinski definition) is 3. The third-order valence-electron chi connectivity index (χ3n) is 2.82. The molecule has 112 valence electrons. The van der Waals surface area contributed by atoms with Crippen molar-refractivity contribution in [2.45, 2.75) is 26.7 Å². The second-order valence-corrected chi connectivity index (χ2v) is 5.57. The zero-order valence-electron chi connectivity index (χ0n) is 12.2. The SMILES string of the molecule is CCCNC(=O)c1sc(N(C)CCC)c(C(N)=O)c1N. The van der Waals surface area contributed by atoms with E-state index in [1.807, 2.05) is 25.8 Å². The van der Waals surface area contributed by atoms with Gasteiger partial charge in [0.1, 0.15) is 9.88 Å². The highest BCUT2D eigenvalue weighted by atomic mass is 32.1. The minimum atomic E-state index is -0.605. The summed E-state index contributed by atoms with van der Waals surface area (Å²) >= 11 is 1.21. The maximum Gasteiger partial charge on any atom is 0.263 e. The Labute approximate surface area is 123 Å². The van der Waals surface area contributed by atoms with Gasteiger partial charge in [0.15, 0.2) is 0 Å². The summed E-state index contributed by atoms with van der Waals surface area (Å²) in [5, 5.41) is 3.41. The average molecular weight is 298 g/mol. The number of nitrogen functional groups attached to an aromatic ring is 1. The van der Waals surface area contributed by atoms with E-state index in [4.69, 9.17) is 11.5 Å². The molecule has 6 nitrogen and oxygen atoms in total. The van der Waals surface area contributed by atoms with Crippen molar-refractivity contribution in [2.24, 2.45) is 5.73 Å². The van der Waals surface area contributed by atoms with Crippen molar-refractivity contribution in [1.29, 1.82) is 0 Å². The van der Waals surface area contributed by atoms with Crippen molar-refractivity contribution in [1.82, 2.24) is 5.32 Å². The van der Waals surface area contributed by atoms with Crippen molar-refractivity contribution in [3.05, 3.63) is 10.4 Å². The molecule has 1 heterocycles. The lowest BCUT2D eigenvalue weighted by Crippen LogP contribution is -2.24. The van der Waals surface area contributed by atoms with E-state index in [9.17, 15) is 9.59 Å². The Morgan fingerprint density at radius 1 is 1.30 bits per heavy atom. The fourth-order valence-corrected chi connectivity index (χ4v) is 2.99. The van der Waals surface area contributed by atoms with Crippen LogP contribution in [0.15, 0.2) is 0 Å². The first kappa shape index (κ1) is 16.3. The zero-order valence-corrected chi connectivity index (χ0v) is 13.0. The molecule has 0 saturated carbocycles. The van der Waals surface area contributed by atoms with Crippen LogP contribution >= 0.6 is 11.3 Å². The smallest absolute Gasteiger partial charge is 0.263 e. The van der Waals surface area contributed by atoms with Gasteiger partial charge in [0.25, 0.3) is 11.8 Å². The van der Waals surface area contributed by atoms with Crippen molar-refractivity contribution < 1.29 is 9.59 Å². The van der Waals surface area contributed by atoms with Crippen LogP contribution in [0.1, 0.15) is 46.7 Å². The van der Waals surface area contributed by atoms with Crippen LogP contribution in [0.3, 0.4) is 0 Å². The van der Waals surface area contributed by atoms with Gasteiger partial charge in [-0.05, 0) is 12.8 Å². The lowest BCUT2D eigenvalue weighted by Gasteiger charge is -2.17. The summed E-state index contributed by atoms with van der Waals surface area (Å²) in [6, 6.07) is 0. The molecule has 0 unspecified atom stereocenters. The van der Waals surface area contributed by atoms with Gasteiger partial charge in [-0.25, -0.2) is 0 Å². The number of anilines is 2. The molecule has 5 N–H and O–H groups in total. The molecule has 0 saturated heterocycles. The van der Waals surface area contributed by atoms with Crippen molar-refractivity contribution >= 4 is 33.8 Å². The predicted octanol–water partition coefficient (Wildman–Crippen LogP) is 1.42. The summed E-state index contributed by atoms with van der Waals surface area (Å²) in [6.07, 6.45) is 1.76. The highest BCUT2D eigenvalue weighted by Gasteiger charge is 2.25. The summed E-state index contributed by atoms with van der Waals surface area (Å²) in [6.45, 7) is 5.33. The van der Waals surface area contributed by atoms with Crippen LogP contribution in [0.25, 0.3) is 0 Å². The Morgan fingerprint density at radius 2 is 1.95 bits per heavy atom. The van der Waals surface area contributed by atoms with Crippen molar-refractivity contribution in [3.8, 4) is 0 Å². The summed E-state index contributed by atoms with van der Waals surface area (Å²) in [5.74, 6) is -0.862. The molecular weight excluding hydrogens is 276 g/mol. The number of rotatable bonds is 7. The van der Waals surface area contributed by atoms with Crippen LogP contribution in [0, 0.1) is 0 Å². The predicted molar refractivity (Wildman–Crippen MR) is 83.4 cm³/mol. The molecule has 0 aliphatic rings. The number of nitrogens with zero attached hydrogens (tertiary/aromatic N) is 1. The van der Waals surface area contributed by atoms with Crippen LogP contribution in [0.4, 0.5) is 10.7 Å². The lowest BCUT2D eigenvalue weighted by atomic mass is 10.2. The largest absolute Gasteiger partial charge is 0.397 e. The Morgan fingerprint density at radius 3 is 2.45 bits per heavy atom. The van der Waals surface area contributed by atoms with Crippen LogP contribution in [-0.4, -0.2) is 32.0 Å². The number of amides is 2.